The number of nitrogens with one attached hydrogen (secondary N) is 1. The third-order valence-electron chi connectivity index (χ3n) is 4.41. The van der Waals surface area contributed by atoms with Crippen LogP contribution < -0.4 is 15.0 Å². The van der Waals surface area contributed by atoms with Crippen molar-refractivity contribution < 1.29 is 4.74 Å². The van der Waals surface area contributed by atoms with Gasteiger partial charge in [-0.15, -0.1) is 6.58 Å². The van der Waals surface area contributed by atoms with E-state index >= 15 is 0 Å². The van der Waals surface area contributed by atoms with Crippen LogP contribution in [0.3, 0.4) is 0 Å². The van der Waals surface area contributed by atoms with E-state index in [1.807, 2.05) is 37.4 Å². The minimum absolute atomic E-state index is 0.647. The average molecular weight is 341 g/mol. The zero-order valence-electron chi connectivity index (χ0n) is 14.9. The maximum atomic E-state index is 5.97. The lowest BCUT2D eigenvalue weighted by Crippen LogP contribution is -2.46. The molecule has 0 bridgehead atoms. The SMILES string of the molecule is C=CCN1CCN(c2nc(OCCCNC)c3ccccc3n2)CC1. The second-order valence-electron chi connectivity index (χ2n) is 6.23. The van der Waals surface area contributed by atoms with Crippen LogP contribution in [0.15, 0.2) is 36.9 Å². The van der Waals surface area contributed by atoms with Gasteiger partial charge in [-0.1, -0.05) is 18.2 Å². The van der Waals surface area contributed by atoms with Gasteiger partial charge in [0.05, 0.1) is 17.5 Å². The minimum atomic E-state index is 0.647. The van der Waals surface area contributed by atoms with Crippen LogP contribution in [0.4, 0.5) is 5.95 Å². The van der Waals surface area contributed by atoms with Gasteiger partial charge in [0.1, 0.15) is 0 Å². The van der Waals surface area contributed by atoms with E-state index in [0.29, 0.717) is 12.5 Å². The number of hydrogen-bond donors (Lipinski definition) is 1. The topological polar surface area (TPSA) is 53.5 Å². The monoisotopic (exact) mass is 341 g/mol. The number of benzene rings is 1. The predicted molar refractivity (Wildman–Crippen MR) is 102 cm³/mol. The van der Waals surface area contributed by atoms with Crippen molar-refractivity contribution in [1.29, 1.82) is 0 Å². The van der Waals surface area contributed by atoms with Crippen LogP contribution in [0.1, 0.15) is 6.42 Å². The Labute approximate surface area is 149 Å². The Balaban J connectivity index is 1.77. The number of hydrogen-bond acceptors (Lipinski definition) is 6. The molecule has 1 aliphatic heterocycles. The molecule has 6 nitrogen and oxygen atoms in total. The highest BCUT2D eigenvalue weighted by Crippen LogP contribution is 2.26. The van der Waals surface area contributed by atoms with Gasteiger partial charge in [-0.25, -0.2) is 4.98 Å². The molecule has 0 amide bonds. The Kier molecular flexibility index (Phi) is 6.19. The van der Waals surface area contributed by atoms with Gasteiger partial charge < -0.3 is 15.0 Å². The molecule has 1 saturated heterocycles. The summed E-state index contributed by atoms with van der Waals surface area (Å²) in [6.07, 6.45) is 2.91. The van der Waals surface area contributed by atoms with Gasteiger partial charge in [0, 0.05) is 32.7 Å². The van der Waals surface area contributed by atoms with Crippen LogP contribution in [0.25, 0.3) is 10.9 Å². The van der Waals surface area contributed by atoms with E-state index in [2.05, 4.69) is 21.7 Å². The molecule has 1 N–H and O–H groups in total. The van der Waals surface area contributed by atoms with Crippen molar-refractivity contribution >= 4 is 16.9 Å². The highest BCUT2D eigenvalue weighted by Gasteiger charge is 2.20. The summed E-state index contributed by atoms with van der Waals surface area (Å²) in [5.41, 5.74) is 0.935. The van der Waals surface area contributed by atoms with Crippen LogP contribution in [-0.2, 0) is 0 Å². The number of ether oxygens (including phenoxy) is 1. The molecule has 1 fully saturated rings. The fourth-order valence-electron chi connectivity index (χ4n) is 3.02. The molecule has 1 aromatic carbocycles. The lowest BCUT2D eigenvalue weighted by atomic mass is 10.2. The van der Waals surface area contributed by atoms with Crippen LogP contribution in [0.5, 0.6) is 5.88 Å². The molecule has 6 heteroatoms. The number of rotatable bonds is 8. The third kappa shape index (κ3) is 4.46. The standard InChI is InChI=1S/C19H27N5O/c1-3-10-23-11-13-24(14-12-23)19-21-17-8-5-4-7-16(17)18(22-19)25-15-6-9-20-2/h3-5,7-8,20H,1,6,9-15H2,2H3. The normalized spacial score (nSPS) is 15.5. The molecule has 25 heavy (non-hydrogen) atoms. The van der Waals surface area contributed by atoms with E-state index in [-0.39, 0.29) is 0 Å². The van der Waals surface area contributed by atoms with E-state index in [0.717, 1.165) is 62.5 Å². The molecule has 3 rings (SSSR count). The minimum Gasteiger partial charge on any atom is -0.477 e. The van der Waals surface area contributed by atoms with Crippen LogP contribution in [0, 0.1) is 0 Å². The van der Waals surface area contributed by atoms with E-state index < -0.39 is 0 Å². The molecule has 2 aromatic rings. The Morgan fingerprint density at radius 3 is 2.76 bits per heavy atom. The van der Waals surface area contributed by atoms with Crippen LogP contribution in [0.2, 0.25) is 0 Å². The molecule has 0 spiro atoms. The van der Waals surface area contributed by atoms with E-state index in [4.69, 9.17) is 14.7 Å². The van der Waals surface area contributed by atoms with E-state index in [9.17, 15) is 0 Å². The molecule has 1 aromatic heterocycles. The first kappa shape index (κ1) is 17.6. The highest BCUT2D eigenvalue weighted by molar-refractivity contribution is 5.84. The van der Waals surface area contributed by atoms with Gasteiger partial charge >= 0.3 is 0 Å². The Bertz CT molecular complexity index is 697. The highest BCUT2D eigenvalue weighted by atomic mass is 16.5. The van der Waals surface area contributed by atoms with Crippen LogP contribution in [-0.4, -0.2) is 67.8 Å². The summed E-state index contributed by atoms with van der Waals surface area (Å²) in [5.74, 6) is 1.45. The zero-order valence-corrected chi connectivity index (χ0v) is 14.9. The molecular formula is C19H27N5O. The van der Waals surface area contributed by atoms with Crippen molar-refractivity contribution in [1.82, 2.24) is 20.2 Å². The maximum Gasteiger partial charge on any atom is 0.229 e. The van der Waals surface area contributed by atoms with Gasteiger partial charge in [0.25, 0.3) is 0 Å². The molecule has 134 valence electrons. The Hall–Kier alpha value is -2.18. The first-order chi connectivity index (χ1) is 12.3. The molecule has 0 unspecified atom stereocenters. The number of nitrogens with zero attached hydrogens (tertiary/aromatic N) is 4. The smallest absolute Gasteiger partial charge is 0.229 e. The van der Waals surface area contributed by atoms with E-state index in [1.54, 1.807) is 0 Å². The predicted octanol–water partition coefficient (Wildman–Crippen LogP) is 1.93. The van der Waals surface area contributed by atoms with E-state index in [1.165, 1.54) is 0 Å². The summed E-state index contributed by atoms with van der Waals surface area (Å²) < 4.78 is 5.97. The second-order valence-corrected chi connectivity index (χ2v) is 6.23. The molecule has 0 saturated carbocycles. The lowest BCUT2D eigenvalue weighted by molar-refractivity contribution is 0.281. The zero-order chi connectivity index (χ0) is 17.5. The fourth-order valence-corrected chi connectivity index (χ4v) is 3.02. The number of piperazine rings is 1. The molecule has 0 radical (unpaired) electrons. The second kappa shape index (κ2) is 8.78. The summed E-state index contributed by atoms with van der Waals surface area (Å²) >= 11 is 0. The van der Waals surface area contributed by atoms with Gasteiger partial charge in [-0.05, 0) is 32.1 Å². The molecule has 0 atom stereocenters. The maximum absolute atomic E-state index is 5.97. The average Bonchev–Trinajstić information content (AvgIpc) is 2.66. The van der Waals surface area contributed by atoms with Crippen molar-refractivity contribution in [2.24, 2.45) is 0 Å². The van der Waals surface area contributed by atoms with Crippen molar-refractivity contribution in [3.05, 3.63) is 36.9 Å². The van der Waals surface area contributed by atoms with Gasteiger partial charge in [0.2, 0.25) is 11.8 Å². The van der Waals surface area contributed by atoms with Crippen molar-refractivity contribution in [2.75, 3.05) is 57.8 Å². The summed E-state index contributed by atoms with van der Waals surface area (Å²) in [6, 6.07) is 8.05. The Morgan fingerprint density at radius 2 is 2.00 bits per heavy atom. The van der Waals surface area contributed by atoms with Crippen molar-refractivity contribution in [2.45, 2.75) is 6.42 Å². The number of anilines is 1. The van der Waals surface area contributed by atoms with Crippen LogP contribution >= 0.6 is 0 Å². The lowest BCUT2D eigenvalue weighted by Gasteiger charge is -2.34. The molecule has 2 heterocycles. The summed E-state index contributed by atoms with van der Waals surface area (Å²) in [7, 11) is 1.95. The first-order valence-corrected chi connectivity index (χ1v) is 8.94. The Morgan fingerprint density at radius 1 is 1.20 bits per heavy atom. The summed E-state index contributed by atoms with van der Waals surface area (Å²) in [4.78, 5) is 14.1. The first-order valence-electron chi connectivity index (χ1n) is 8.94. The van der Waals surface area contributed by atoms with Gasteiger partial charge in [-0.3, -0.25) is 4.90 Å². The third-order valence-corrected chi connectivity index (χ3v) is 4.41. The number of fused-ring (bicyclic) bond motifs is 1. The quantitative estimate of drug-likeness (QED) is 0.585. The molecular weight excluding hydrogens is 314 g/mol. The van der Waals surface area contributed by atoms with Crippen molar-refractivity contribution in [3.8, 4) is 5.88 Å². The summed E-state index contributed by atoms with van der Waals surface area (Å²) in [5, 5.41) is 4.11. The molecule has 1 aliphatic rings. The summed E-state index contributed by atoms with van der Waals surface area (Å²) in [6.45, 7) is 10.2. The fraction of sp³-hybridized carbons (Fsp3) is 0.474. The van der Waals surface area contributed by atoms with Gasteiger partial charge in [-0.2, -0.15) is 4.98 Å². The largest absolute Gasteiger partial charge is 0.477 e. The number of para-hydroxylation sites is 1. The molecule has 0 aliphatic carbocycles. The van der Waals surface area contributed by atoms with Gasteiger partial charge in [0.15, 0.2) is 0 Å². The van der Waals surface area contributed by atoms with Crippen molar-refractivity contribution in [3.63, 3.8) is 0 Å². The number of aromatic nitrogens is 2.